The van der Waals surface area contributed by atoms with E-state index in [1.807, 2.05) is 0 Å². The van der Waals surface area contributed by atoms with Gasteiger partial charge in [0, 0.05) is 12.1 Å². The summed E-state index contributed by atoms with van der Waals surface area (Å²) in [5, 5.41) is 8.89. The molecule has 0 aromatic rings. The highest BCUT2D eigenvalue weighted by Gasteiger charge is 2.44. The van der Waals surface area contributed by atoms with Gasteiger partial charge in [0.1, 0.15) is 0 Å². The van der Waals surface area contributed by atoms with Crippen molar-refractivity contribution in [2.75, 3.05) is 0 Å². The molecule has 5 nitrogen and oxygen atoms in total. The van der Waals surface area contributed by atoms with E-state index in [0.717, 1.165) is 12.8 Å². The van der Waals surface area contributed by atoms with Gasteiger partial charge < -0.3 is 15.7 Å². The molecule has 0 radical (unpaired) electrons. The predicted molar refractivity (Wildman–Crippen MR) is 48.6 cm³/mol. The third-order valence-electron chi connectivity index (χ3n) is 3.34. The number of fused-ring (bicyclic) bond motifs is 2. The molecular weight excluding hydrogens is 184 g/mol. The van der Waals surface area contributed by atoms with Gasteiger partial charge in [-0.25, -0.2) is 4.79 Å². The second kappa shape index (κ2) is 3.15. The number of carboxylic acids is 1. The van der Waals surface area contributed by atoms with Gasteiger partial charge in [0.2, 0.25) is 0 Å². The first-order valence-electron chi connectivity index (χ1n) is 4.90. The molecule has 0 aromatic heterocycles. The lowest BCUT2D eigenvalue weighted by Gasteiger charge is -2.36. The number of rotatable bonds is 1. The SMILES string of the molecule is NC(=O)N1C2CCC1CC(C(=O)O)C2. The number of carbonyl (C=O) groups is 2. The highest BCUT2D eigenvalue weighted by Crippen LogP contribution is 2.38. The van der Waals surface area contributed by atoms with E-state index in [4.69, 9.17) is 10.8 Å². The van der Waals surface area contributed by atoms with Crippen LogP contribution in [0, 0.1) is 5.92 Å². The second-order valence-electron chi connectivity index (χ2n) is 4.14. The van der Waals surface area contributed by atoms with Crippen LogP contribution in [0.15, 0.2) is 0 Å². The topological polar surface area (TPSA) is 83.6 Å². The molecule has 5 heteroatoms. The van der Waals surface area contributed by atoms with E-state index in [-0.39, 0.29) is 18.0 Å². The molecule has 2 fully saturated rings. The van der Waals surface area contributed by atoms with Crippen molar-refractivity contribution in [1.82, 2.24) is 4.90 Å². The number of carbonyl (C=O) groups excluding carboxylic acids is 1. The smallest absolute Gasteiger partial charge is 0.315 e. The van der Waals surface area contributed by atoms with Crippen LogP contribution in [-0.4, -0.2) is 34.1 Å². The first kappa shape index (κ1) is 9.30. The molecule has 14 heavy (non-hydrogen) atoms. The maximum absolute atomic E-state index is 11.1. The van der Waals surface area contributed by atoms with Crippen molar-refractivity contribution in [3.05, 3.63) is 0 Å². The van der Waals surface area contributed by atoms with Crippen molar-refractivity contribution in [2.45, 2.75) is 37.8 Å². The van der Waals surface area contributed by atoms with Gasteiger partial charge in [-0.05, 0) is 25.7 Å². The molecule has 2 unspecified atom stereocenters. The molecule has 3 N–H and O–H groups in total. The molecule has 2 rings (SSSR count). The Labute approximate surface area is 81.9 Å². The maximum atomic E-state index is 11.1. The van der Waals surface area contributed by atoms with E-state index in [9.17, 15) is 9.59 Å². The molecule has 2 amide bonds. The van der Waals surface area contributed by atoms with Crippen LogP contribution in [-0.2, 0) is 4.79 Å². The van der Waals surface area contributed by atoms with Crippen molar-refractivity contribution < 1.29 is 14.7 Å². The third-order valence-corrected chi connectivity index (χ3v) is 3.34. The molecule has 0 aromatic carbocycles. The number of hydrogen-bond acceptors (Lipinski definition) is 2. The van der Waals surface area contributed by atoms with Crippen LogP contribution >= 0.6 is 0 Å². The van der Waals surface area contributed by atoms with Crippen LogP contribution in [0.1, 0.15) is 25.7 Å². The van der Waals surface area contributed by atoms with Gasteiger partial charge in [-0.1, -0.05) is 0 Å². The number of nitrogens with two attached hydrogens (primary N) is 1. The molecule has 0 aliphatic carbocycles. The van der Waals surface area contributed by atoms with Crippen LogP contribution in [0.3, 0.4) is 0 Å². The molecule has 2 aliphatic heterocycles. The standard InChI is InChI=1S/C9H14N2O3/c10-9(14)11-6-1-2-7(11)4-5(3-6)8(12)13/h5-7H,1-4H2,(H2,10,14)(H,12,13). The Kier molecular flexibility index (Phi) is 2.09. The lowest BCUT2D eigenvalue weighted by Crippen LogP contribution is -2.50. The number of urea groups is 1. The van der Waals surface area contributed by atoms with Crippen LogP contribution in [0.4, 0.5) is 4.79 Å². The molecule has 2 atom stereocenters. The van der Waals surface area contributed by atoms with Crippen molar-refractivity contribution >= 4 is 12.0 Å². The first-order chi connectivity index (χ1) is 6.59. The zero-order chi connectivity index (χ0) is 10.3. The van der Waals surface area contributed by atoms with E-state index >= 15 is 0 Å². The fraction of sp³-hybridized carbons (Fsp3) is 0.778. The monoisotopic (exact) mass is 198 g/mol. The van der Waals surface area contributed by atoms with Gasteiger partial charge in [0.15, 0.2) is 0 Å². The van der Waals surface area contributed by atoms with Crippen LogP contribution < -0.4 is 5.73 Å². The summed E-state index contributed by atoms with van der Waals surface area (Å²) in [5.41, 5.74) is 5.25. The third kappa shape index (κ3) is 1.32. The van der Waals surface area contributed by atoms with E-state index in [1.54, 1.807) is 4.90 Å². The van der Waals surface area contributed by atoms with E-state index in [2.05, 4.69) is 0 Å². The molecule has 2 heterocycles. The van der Waals surface area contributed by atoms with Gasteiger partial charge in [-0.3, -0.25) is 4.79 Å². The van der Waals surface area contributed by atoms with Crippen LogP contribution in [0.2, 0.25) is 0 Å². The van der Waals surface area contributed by atoms with Gasteiger partial charge in [0.05, 0.1) is 5.92 Å². The largest absolute Gasteiger partial charge is 0.481 e. The Bertz CT molecular complexity index is 265. The summed E-state index contributed by atoms with van der Waals surface area (Å²) in [6, 6.07) is -0.277. The Morgan fingerprint density at radius 1 is 1.21 bits per heavy atom. The molecule has 0 spiro atoms. The van der Waals surface area contributed by atoms with E-state index in [0.29, 0.717) is 12.8 Å². The zero-order valence-corrected chi connectivity index (χ0v) is 7.85. The predicted octanol–water partition coefficient (Wildman–Crippen LogP) is 0.393. The molecular formula is C9H14N2O3. The highest BCUT2D eigenvalue weighted by atomic mass is 16.4. The van der Waals surface area contributed by atoms with Gasteiger partial charge >= 0.3 is 12.0 Å². The minimum Gasteiger partial charge on any atom is -0.481 e. The molecule has 0 saturated carbocycles. The summed E-state index contributed by atoms with van der Waals surface area (Å²) in [6.07, 6.45) is 2.93. The normalized spacial score (nSPS) is 35.7. The quantitative estimate of drug-likeness (QED) is 0.639. The number of carboxylic acid groups (broad SMARTS) is 1. The van der Waals surface area contributed by atoms with Crippen molar-refractivity contribution in [2.24, 2.45) is 11.7 Å². The Hall–Kier alpha value is -1.26. The number of nitrogens with zero attached hydrogens (tertiary/aromatic N) is 1. The number of piperidine rings is 1. The summed E-state index contributed by atoms with van der Waals surface area (Å²) in [4.78, 5) is 23.6. The summed E-state index contributed by atoms with van der Waals surface area (Å²) in [6.45, 7) is 0. The lowest BCUT2D eigenvalue weighted by atomic mass is 9.91. The highest BCUT2D eigenvalue weighted by molar-refractivity contribution is 5.75. The number of primary amides is 1. The van der Waals surface area contributed by atoms with Crippen molar-refractivity contribution in [3.8, 4) is 0 Å². The van der Waals surface area contributed by atoms with Gasteiger partial charge in [-0.15, -0.1) is 0 Å². The minimum atomic E-state index is -0.744. The number of aliphatic carboxylic acids is 1. The van der Waals surface area contributed by atoms with E-state index < -0.39 is 12.0 Å². The van der Waals surface area contributed by atoms with Gasteiger partial charge in [0.25, 0.3) is 0 Å². The minimum absolute atomic E-state index is 0.0624. The molecule has 2 bridgehead atoms. The summed E-state index contributed by atoms with van der Waals surface area (Å²) < 4.78 is 0. The second-order valence-corrected chi connectivity index (χ2v) is 4.14. The Morgan fingerprint density at radius 3 is 2.07 bits per heavy atom. The first-order valence-corrected chi connectivity index (χ1v) is 4.90. The molecule has 2 aliphatic rings. The van der Waals surface area contributed by atoms with Crippen molar-refractivity contribution in [3.63, 3.8) is 0 Å². The zero-order valence-electron chi connectivity index (χ0n) is 7.85. The number of hydrogen-bond donors (Lipinski definition) is 2. The van der Waals surface area contributed by atoms with Crippen molar-refractivity contribution in [1.29, 1.82) is 0 Å². The number of amides is 2. The molecule has 78 valence electrons. The average Bonchev–Trinajstić information content (AvgIpc) is 2.37. The summed E-state index contributed by atoms with van der Waals surface area (Å²) >= 11 is 0. The lowest BCUT2D eigenvalue weighted by molar-refractivity contribution is -0.144. The Balaban J connectivity index is 2.12. The van der Waals surface area contributed by atoms with E-state index in [1.165, 1.54) is 0 Å². The summed E-state index contributed by atoms with van der Waals surface area (Å²) in [5.74, 6) is -1.03. The summed E-state index contributed by atoms with van der Waals surface area (Å²) in [7, 11) is 0. The van der Waals surface area contributed by atoms with Gasteiger partial charge in [-0.2, -0.15) is 0 Å². The van der Waals surface area contributed by atoms with Crippen LogP contribution in [0.25, 0.3) is 0 Å². The van der Waals surface area contributed by atoms with Crippen LogP contribution in [0.5, 0.6) is 0 Å². The fourth-order valence-electron chi connectivity index (χ4n) is 2.74. The average molecular weight is 198 g/mol. The Morgan fingerprint density at radius 2 is 1.71 bits per heavy atom. The molecule has 2 saturated heterocycles. The maximum Gasteiger partial charge on any atom is 0.315 e. The fourth-order valence-corrected chi connectivity index (χ4v) is 2.74.